The fraction of sp³-hybridized carbons (Fsp3) is 0.526. The lowest BCUT2D eigenvalue weighted by Crippen LogP contribution is -2.46. The number of hydrogen-bond acceptors (Lipinski definition) is 5. The standard InChI is InChI=1S/C19H24N2O3S/c1-12-18(16-4-2-3-5-17(16)25-12)19(23)20-13-8-14-11-24-15(6-7-22)10-21(14)9-13/h2-5,13-15,22H,6-11H2,1H3,(H,20,23)/t13-,14+,15+/m1/s1. The Hall–Kier alpha value is -1.47. The van der Waals surface area contributed by atoms with Gasteiger partial charge in [0, 0.05) is 46.7 Å². The van der Waals surface area contributed by atoms with Gasteiger partial charge in [0.1, 0.15) is 0 Å². The monoisotopic (exact) mass is 360 g/mol. The number of nitrogens with zero attached hydrogens (tertiary/aromatic N) is 1. The molecule has 3 atom stereocenters. The fourth-order valence-electron chi connectivity index (χ4n) is 4.07. The third-order valence-corrected chi connectivity index (χ3v) is 6.36. The number of amides is 1. The number of benzene rings is 1. The van der Waals surface area contributed by atoms with Crippen molar-refractivity contribution < 1.29 is 14.6 Å². The van der Waals surface area contributed by atoms with E-state index in [4.69, 9.17) is 9.84 Å². The zero-order valence-electron chi connectivity index (χ0n) is 14.4. The normalized spacial score (nSPS) is 26.7. The molecular formula is C19H24N2O3S. The number of morpholine rings is 1. The molecule has 2 aliphatic heterocycles. The molecule has 3 heterocycles. The number of carbonyl (C=O) groups is 1. The van der Waals surface area contributed by atoms with Crippen LogP contribution in [0.3, 0.4) is 0 Å². The quantitative estimate of drug-likeness (QED) is 0.877. The number of ether oxygens (including phenoxy) is 1. The molecule has 0 bridgehead atoms. The van der Waals surface area contributed by atoms with Gasteiger partial charge < -0.3 is 15.2 Å². The van der Waals surface area contributed by atoms with Gasteiger partial charge in [-0.15, -0.1) is 11.3 Å². The Morgan fingerprint density at radius 3 is 3.08 bits per heavy atom. The molecule has 6 heteroatoms. The Balaban J connectivity index is 1.44. The van der Waals surface area contributed by atoms with Crippen LogP contribution in [0.2, 0.25) is 0 Å². The summed E-state index contributed by atoms with van der Waals surface area (Å²) in [6, 6.07) is 8.63. The van der Waals surface area contributed by atoms with Gasteiger partial charge in [-0.2, -0.15) is 0 Å². The molecule has 2 N–H and O–H groups in total. The maximum atomic E-state index is 12.9. The van der Waals surface area contributed by atoms with Gasteiger partial charge in [0.2, 0.25) is 0 Å². The Labute approximate surface area is 151 Å². The molecule has 134 valence electrons. The van der Waals surface area contributed by atoms with Crippen LogP contribution < -0.4 is 5.32 Å². The van der Waals surface area contributed by atoms with Crippen molar-refractivity contribution in [3.63, 3.8) is 0 Å². The van der Waals surface area contributed by atoms with E-state index < -0.39 is 0 Å². The summed E-state index contributed by atoms with van der Waals surface area (Å²) >= 11 is 1.68. The Morgan fingerprint density at radius 1 is 1.40 bits per heavy atom. The Bertz CT molecular complexity index is 775. The summed E-state index contributed by atoms with van der Waals surface area (Å²) in [4.78, 5) is 16.3. The lowest BCUT2D eigenvalue weighted by Gasteiger charge is -2.34. The molecule has 1 aromatic carbocycles. The van der Waals surface area contributed by atoms with E-state index >= 15 is 0 Å². The zero-order chi connectivity index (χ0) is 17.4. The number of thiophene rings is 1. The second kappa shape index (κ2) is 7.03. The predicted octanol–water partition coefficient (Wildman–Crippen LogP) is 2.16. The molecule has 0 spiro atoms. The summed E-state index contributed by atoms with van der Waals surface area (Å²) < 4.78 is 6.98. The van der Waals surface area contributed by atoms with Gasteiger partial charge in [0.25, 0.3) is 5.91 Å². The molecule has 2 saturated heterocycles. The van der Waals surface area contributed by atoms with Crippen LogP contribution in [0.1, 0.15) is 28.1 Å². The lowest BCUT2D eigenvalue weighted by molar-refractivity contribution is -0.0566. The molecular weight excluding hydrogens is 336 g/mol. The highest BCUT2D eigenvalue weighted by molar-refractivity contribution is 7.19. The molecule has 0 aliphatic carbocycles. The molecule has 0 radical (unpaired) electrons. The number of rotatable bonds is 4. The van der Waals surface area contributed by atoms with Crippen LogP contribution in [0.5, 0.6) is 0 Å². The molecule has 25 heavy (non-hydrogen) atoms. The van der Waals surface area contributed by atoms with Crippen LogP contribution in [-0.4, -0.2) is 60.4 Å². The molecule has 4 rings (SSSR count). The maximum absolute atomic E-state index is 12.9. The minimum absolute atomic E-state index is 0.0348. The smallest absolute Gasteiger partial charge is 0.253 e. The van der Waals surface area contributed by atoms with Gasteiger partial charge >= 0.3 is 0 Å². The largest absolute Gasteiger partial charge is 0.396 e. The zero-order valence-corrected chi connectivity index (χ0v) is 15.2. The number of carbonyl (C=O) groups excluding carboxylic acids is 1. The number of fused-ring (bicyclic) bond motifs is 2. The van der Waals surface area contributed by atoms with Crippen molar-refractivity contribution in [1.82, 2.24) is 10.2 Å². The summed E-state index contributed by atoms with van der Waals surface area (Å²) in [6.45, 7) is 4.58. The van der Waals surface area contributed by atoms with Gasteiger partial charge in [-0.05, 0) is 25.8 Å². The number of aryl methyl sites for hydroxylation is 1. The summed E-state index contributed by atoms with van der Waals surface area (Å²) in [7, 11) is 0. The lowest BCUT2D eigenvalue weighted by atomic mass is 10.1. The van der Waals surface area contributed by atoms with Crippen molar-refractivity contribution >= 4 is 27.3 Å². The molecule has 1 aromatic heterocycles. The first kappa shape index (κ1) is 17.0. The third kappa shape index (κ3) is 3.31. The first-order valence-electron chi connectivity index (χ1n) is 8.91. The second-order valence-corrected chi connectivity index (χ2v) is 8.27. The average Bonchev–Trinajstić information content (AvgIpc) is 3.13. The van der Waals surface area contributed by atoms with Gasteiger partial charge in [0.05, 0.1) is 18.3 Å². The van der Waals surface area contributed by atoms with Crippen molar-refractivity contribution in [2.24, 2.45) is 0 Å². The minimum atomic E-state index is 0.0348. The van der Waals surface area contributed by atoms with E-state index in [0.717, 1.165) is 40.0 Å². The summed E-state index contributed by atoms with van der Waals surface area (Å²) in [5.74, 6) is 0.0348. The van der Waals surface area contributed by atoms with Crippen LogP contribution in [0, 0.1) is 6.92 Å². The van der Waals surface area contributed by atoms with Crippen LogP contribution >= 0.6 is 11.3 Å². The highest BCUT2D eigenvalue weighted by atomic mass is 32.1. The van der Waals surface area contributed by atoms with E-state index in [-0.39, 0.29) is 24.7 Å². The van der Waals surface area contributed by atoms with Crippen molar-refractivity contribution in [3.8, 4) is 0 Å². The van der Waals surface area contributed by atoms with Crippen LogP contribution in [-0.2, 0) is 4.74 Å². The molecule has 2 fully saturated rings. The van der Waals surface area contributed by atoms with Crippen molar-refractivity contribution in [3.05, 3.63) is 34.7 Å². The van der Waals surface area contributed by atoms with Crippen molar-refractivity contribution in [2.75, 3.05) is 26.3 Å². The average molecular weight is 360 g/mol. The van der Waals surface area contributed by atoms with Crippen LogP contribution in [0.4, 0.5) is 0 Å². The van der Waals surface area contributed by atoms with Crippen molar-refractivity contribution in [1.29, 1.82) is 0 Å². The van der Waals surface area contributed by atoms with Crippen molar-refractivity contribution in [2.45, 2.75) is 38.0 Å². The minimum Gasteiger partial charge on any atom is -0.396 e. The van der Waals surface area contributed by atoms with Crippen LogP contribution in [0.15, 0.2) is 24.3 Å². The third-order valence-electron chi connectivity index (χ3n) is 5.28. The van der Waals surface area contributed by atoms with E-state index in [2.05, 4.69) is 16.3 Å². The Kier molecular flexibility index (Phi) is 4.78. The highest BCUT2D eigenvalue weighted by Crippen LogP contribution is 2.31. The van der Waals surface area contributed by atoms with Gasteiger partial charge in [-0.3, -0.25) is 9.69 Å². The molecule has 2 aliphatic rings. The summed E-state index contributed by atoms with van der Waals surface area (Å²) in [5.41, 5.74) is 0.819. The Morgan fingerprint density at radius 2 is 2.24 bits per heavy atom. The number of nitrogens with one attached hydrogen (secondary N) is 1. The summed E-state index contributed by atoms with van der Waals surface area (Å²) in [5, 5.41) is 13.4. The predicted molar refractivity (Wildman–Crippen MR) is 99.2 cm³/mol. The molecule has 5 nitrogen and oxygen atoms in total. The van der Waals surface area contributed by atoms with E-state index in [1.54, 1.807) is 11.3 Å². The first-order valence-corrected chi connectivity index (χ1v) is 9.73. The molecule has 0 saturated carbocycles. The van der Waals surface area contributed by atoms with E-state index in [1.165, 1.54) is 0 Å². The number of aliphatic hydroxyl groups excluding tert-OH is 1. The maximum Gasteiger partial charge on any atom is 0.253 e. The van der Waals surface area contributed by atoms with Crippen LogP contribution in [0.25, 0.3) is 10.1 Å². The SMILES string of the molecule is Cc1sc2ccccc2c1C(=O)N[C@@H]1C[C@H]2CO[C@@H](CCO)CN2C1. The highest BCUT2D eigenvalue weighted by Gasteiger charge is 2.38. The first-order chi connectivity index (χ1) is 12.2. The number of aliphatic hydroxyl groups is 1. The molecule has 0 unspecified atom stereocenters. The van der Waals surface area contributed by atoms with E-state index in [1.807, 2.05) is 25.1 Å². The van der Waals surface area contributed by atoms with E-state index in [9.17, 15) is 4.79 Å². The topological polar surface area (TPSA) is 61.8 Å². The fourth-order valence-corrected chi connectivity index (χ4v) is 5.13. The molecule has 1 amide bonds. The number of hydrogen-bond donors (Lipinski definition) is 2. The second-order valence-electron chi connectivity index (χ2n) is 7.01. The van der Waals surface area contributed by atoms with Gasteiger partial charge in [-0.25, -0.2) is 0 Å². The van der Waals surface area contributed by atoms with Gasteiger partial charge in [0.15, 0.2) is 0 Å². The molecule has 2 aromatic rings. The van der Waals surface area contributed by atoms with Gasteiger partial charge in [-0.1, -0.05) is 18.2 Å². The van der Waals surface area contributed by atoms with E-state index in [0.29, 0.717) is 19.1 Å². The summed E-state index contributed by atoms with van der Waals surface area (Å²) in [6.07, 6.45) is 1.72.